The molecule has 1 spiro atoms. The second-order valence-corrected chi connectivity index (χ2v) is 12.6. The highest BCUT2D eigenvalue weighted by atomic mass is 35.5. The number of piperidine rings is 2. The van der Waals surface area contributed by atoms with E-state index >= 15 is 0 Å². The zero-order chi connectivity index (χ0) is 24.6. The van der Waals surface area contributed by atoms with Crippen molar-refractivity contribution in [2.45, 2.75) is 55.6 Å². The molecule has 11 heteroatoms. The van der Waals surface area contributed by atoms with Gasteiger partial charge in [-0.15, -0.1) is 11.3 Å². The number of carbonyl (C=O) groups is 1. The Morgan fingerprint density at radius 2 is 1.83 bits per heavy atom. The fourth-order valence-electron chi connectivity index (χ4n) is 4.92. The maximum Gasteiger partial charge on any atom is 0.273 e. The molecular weight excluding hydrogens is 510 g/mol. The molecule has 3 saturated heterocycles. The Labute approximate surface area is 215 Å². The standard InChI is InChI=1S/C24H30ClN3O5S2/c1-17-3-4-19(15-20(17)25)35(30,31)28-9-5-18(6-10-28)22-26-21(16-34-22)23(29)27-11-7-24(8-12-27)32-13-2-14-33-24/h3-4,15-16,18H,2,5-14H2,1H3. The number of halogens is 1. The molecular formula is C24H30ClN3O5S2. The van der Waals surface area contributed by atoms with Gasteiger partial charge in [-0.25, -0.2) is 13.4 Å². The number of aryl methyl sites for hydroxylation is 1. The van der Waals surface area contributed by atoms with E-state index in [2.05, 4.69) is 4.98 Å². The number of sulfonamides is 1. The number of amides is 1. The fraction of sp³-hybridized carbons (Fsp3) is 0.583. The van der Waals surface area contributed by atoms with Gasteiger partial charge in [0.2, 0.25) is 10.0 Å². The fourth-order valence-corrected chi connectivity index (χ4v) is 7.62. The average molecular weight is 540 g/mol. The van der Waals surface area contributed by atoms with E-state index in [4.69, 9.17) is 21.1 Å². The molecule has 190 valence electrons. The smallest absolute Gasteiger partial charge is 0.273 e. The van der Waals surface area contributed by atoms with Gasteiger partial charge in [0, 0.05) is 55.3 Å². The first-order chi connectivity index (χ1) is 16.8. The number of thiazole rings is 1. The third-order valence-corrected chi connectivity index (χ3v) is 10.5. The normalized spacial score (nSPS) is 21.9. The SMILES string of the molecule is Cc1ccc(S(=O)(=O)N2CCC(c3nc(C(=O)N4CCC5(CC4)OCCCO5)cs3)CC2)cc1Cl. The minimum Gasteiger partial charge on any atom is -0.350 e. The summed E-state index contributed by atoms with van der Waals surface area (Å²) in [4.78, 5) is 19.8. The summed E-state index contributed by atoms with van der Waals surface area (Å²) in [5, 5.41) is 3.17. The molecule has 3 aliphatic rings. The van der Waals surface area contributed by atoms with Crippen LogP contribution < -0.4 is 0 Å². The van der Waals surface area contributed by atoms with Gasteiger partial charge in [0.05, 0.1) is 23.1 Å². The molecule has 35 heavy (non-hydrogen) atoms. The van der Waals surface area contributed by atoms with Crippen LogP contribution in [-0.2, 0) is 19.5 Å². The minimum atomic E-state index is -3.59. The van der Waals surface area contributed by atoms with Crippen molar-refractivity contribution >= 4 is 38.9 Å². The molecule has 1 aromatic carbocycles. The topological polar surface area (TPSA) is 89.0 Å². The number of nitrogens with zero attached hydrogens (tertiary/aromatic N) is 3. The monoisotopic (exact) mass is 539 g/mol. The van der Waals surface area contributed by atoms with Gasteiger partial charge in [0.1, 0.15) is 5.69 Å². The average Bonchev–Trinajstić information content (AvgIpc) is 3.37. The lowest BCUT2D eigenvalue weighted by molar-refractivity contribution is -0.281. The number of rotatable bonds is 4. The molecule has 3 aliphatic heterocycles. The molecule has 0 N–H and O–H groups in total. The van der Waals surface area contributed by atoms with Gasteiger partial charge >= 0.3 is 0 Å². The van der Waals surface area contributed by atoms with Crippen LogP contribution in [0.1, 0.15) is 59.1 Å². The summed E-state index contributed by atoms with van der Waals surface area (Å²) >= 11 is 7.64. The third kappa shape index (κ3) is 5.14. The summed E-state index contributed by atoms with van der Waals surface area (Å²) in [6.07, 6.45) is 3.60. The maximum atomic E-state index is 13.1. The first-order valence-electron chi connectivity index (χ1n) is 12.1. The summed E-state index contributed by atoms with van der Waals surface area (Å²) in [6, 6.07) is 4.86. The van der Waals surface area contributed by atoms with Crippen LogP contribution in [0.5, 0.6) is 0 Å². The summed E-state index contributed by atoms with van der Waals surface area (Å²) in [5.74, 6) is -0.446. The molecule has 5 rings (SSSR count). The number of likely N-dealkylation sites (tertiary alicyclic amines) is 1. The number of benzene rings is 1. The van der Waals surface area contributed by atoms with E-state index in [0.29, 0.717) is 75.8 Å². The van der Waals surface area contributed by atoms with Crippen molar-refractivity contribution in [3.63, 3.8) is 0 Å². The highest BCUT2D eigenvalue weighted by molar-refractivity contribution is 7.89. The van der Waals surface area contributed by atoms with Gasteiger partial charge in [-0.2, -0.15) is 4.31 Å². The van der Waals surface area contributed by atoms with Crippen LogP contribution in [0.4, 0.5) is 0 Å². The second kappa shape index (κ2) is 10.1. The van der Waals surface area contributed by atoms with Crippen LogP contribution in [-0.4, -0.2) is 73.7 Å². The second-order valence-electron chi connectivity index (χ2n) is 9.41. The predicted molar refractivity (Wildman–Crippen MR) is 133 cm³/mol. The van der Waals surface area contributed by atoms with Gasteiger partial charge < -0.3 is 14.4 Å². The van der Waals surface area contributed by atoms with E-state index in [1.54, 1.807) is 12.1 Å². The van der Waals surface area contributed by atoms with Crippen molar-refractivity contribution in [3.05, 3.63) is 44.9 Å². The Morgan fingerprint density at radius 1 is 1.14 bits per heavy atom. The van der Waals surface area contributed by atoms with E-state index in [9.17, 15) is 13.2 Å². The number of hydrogen-bond donors (Lipinski definition) is 0. The van der Waals surface area contributed by atoms with Crippen LogP contribution in [0.3, 0.4) is 0 Å². The highest BCUT2D eigenvalue weighted by Gasteiger charge is 2.40. The van der Waals surface area contributed by atoms with Crippen LogP contribution in [0.25, 0.3) is 0 Å². The Hall–Kier alpha value is -1.56. The van der Waals surface area contributed by atoms with E-state index in [0.717, 1.165) is 17.0 Å². The molecule has 1 aromatic heterocycles. The Balaban J connectivity index is 1.18. The summed E-state index contributed by atoms with van der Waals surface area (Å²) < 4.78 is 39.4. The van der Waals surface area contributed by atoms with Crippen LogP contribution in [0, 0.1) is 6.92 Å². The Bertz CT molecular complexity index is 1180. The van der Waals surface area contributed by atoms with Crippen molar-refractivity contribution < 1.29 is 22.7 Å². The van der Waals surface area contributed by atoms with Gasteiger partial charge in [0.15, 0.2) is 5.79 Å². The molecule has 2 aromatic rings. The molecule has 3 fully saturated rings. The third-order valence-electron chi connectivity index (χ3n) is 7.16. The number of hydrogen-bond acceptors (Lipinski definition) is 7. The van der Waals surface area contributed by atoms with Crippen molar-refractivity contribution in [1.82, 2.24) is 14.2 Å². The van der Waals surface area contributed by atoms with Gasteiger partial charge in [-0.3, -0.25) is 4.79 Å². The number of carbonyl (C=O) groups excluding carboxylic acids is 1. The molecule has 0 radical (unpaired) electrons. The Kier molecular flexibility index (Phi) is 7.22. The van der Waals surface area contributed by atoms with Crippen LogP contribution >= 0.6 is 22.9 Å². The molecule has 0 saturated carbocycles. The highest BCUT2D eigenvalue weighted by Crippen LogP contribution is 2.34. The molecule has 0 bridgehead atoms. The summed E-state index contributed by atoms with van der Waals surface area (Å²) in [7, 11) is -3.59. The molecule has 0 unspecified atom stereocenters. The Morgan fingerprint density at radius 3 is 2.49 bits per heavy atom. The lowest BCUT2D eigenvalue weighted by atomic mass is 9.99. The zero-order valence-corrected chi connectivity index (χ0v) is 22.1. The predicted octanol–water partition coefficient (Wildman–Crippen LogP) is 4.04. The summed E-state index contributed by atoms with van der Waals surface area (Å²) in [6.45, 7) is 5.27. The first-order valence-corrected chi connectivity index (χ1v) is 14.8. The maximum absolute atomic E-state index is 13.1. The van der Waals surface area contributed by atoms with Gasteiger partial charge in [-0.1, -0.05) is 17.7 Å². The summed E-state index contributed by atoms with van der Waals surface area (Å²) in [5.41, 5.74) is 1.31. The number of ether oxygens (including phenoxy) is 2. The molecule has 4 heterocycles. The van der Waals surface area contributed by atoms with Crippen molar-refractivity contribution in [3.8, 4) is 0 Å². The van der Waals surface area contributed by atoms with Crippen molar-refractivity contribution in [1.29, 1.82) is 0 Å². The van der Waals surface area contributed by atoms with Crippen LogP contribution in [0.15, 0.2) is 28.5 Å². The van der Waals surface area contributed by atoms with E-state index in [-0.39, 0.29) is 16.7 Å². The largest absolute Gasteiger partial charge is 0.350 e. The van der Waals surface area contributed by atoms with E-state index < -0.39 is 15.8 Å². The lowest BCUT2D eigenvalue weighted by Gasteiger charge is -2.43. The molecule has 8 nitrogen and oxygen atoms in total. The van der Waals surface area contributed by atoms with Crippen molar-refractivity contribution in [2.24, 2.45) is 0 Å². The van der Waals surface area contributed by atoms with Crippen molar-refractivity contribution in [2.75, 3.05) is 39.4 Å². The minimum absolute atomic E-state index is 0.0607. The van der Waals surface area contributed by atoms with Crippen LogP contribution in [0.2, 0.25) is 5.02 Å². The zero-order valence-electron chi connectivity index (χ0n) is 19.7. The van der Waals surface area contributed by atoms with Gasteiger partial charge in [0.25, 0.3) is 5.91 Å². The molecule has 1 amide bonds. The quantitative estimate of drug-likeness (QED) is 0.582. The molecule has 0 atom stereocenters. The van der Waals surface area contributed by atoms with E-state index in [1.807, 2.05) is 17.2 Å². The first kappa shape index (κ1) is 25.1. The molecule has 0 aliphatic carbocycles. The van der Waals surface area contributed by atoms with Gasteiger partial charge in [-0.05, 0) is 43.9 Å². The lowest BCUT2D eigenvalue weighted by Crippen LogP contribution is -2.51. The van der Waals surface area contributed by atoms with E-state index in [1.165, 1.54) is 21.7 Å². The number of aromatic nitrogens is 1.